The molecule has 2 rings (SSSR count). The van der Waals surface area contributed by atoms with Crippen molar-refractivity contribution < 1.29 is 14.2 Å². The summed E-state index contributed by atoms with van der Waals surface area (Å²) >= 11 is 0. The summed E-state index contributed by atoms with van der Waals surface area (Å²) < 4.78 is 16.4. The van der Waals surface area contributed by atoms with Gasteiger partial charge in [0, 0.05) is 13.1 Å². The van der Waals surface area contributed by atoms with Gasteiger partial charge in [0.15, 0.2) is 11.5 Å². The first-order valence-electron chi connectivity index (χ1n) is 7.85. The van der Waals surface area contributed by atoms with Crippen LogP contribution in [0, 0.1) is 6.92 Å². The summed E-state index contributed by atoms with van der Waals surface area (Å²) in [6, 6.07) is 4.21. The predicted molar refractivity (Wildman–Crippen MR) is 84.5 cm³/mol. The van der Waals surface area contributed by atoms with Crippen LogP contribution in [0.4, 0.5) is 0 Å². The lowest BCUT2D eigenvalue weighted by Gasteiger charge is -2.26. The lowest BCUT2D eigenvalue weighted by Crippen LogP contribution is -2.36. The molecule has 0 amide bonds. The van der Waals surface area contributed by atoms with Crippen LogP contribution in [-0.2, 0) is 11.2 Å². The van der Waals surface area contributed by atoms with Gasteiger partial charge in [0.2, 0.25) is 0 Å². The molecule has 4 heteroatoms. The molecular formula is C17H27NO3. The highest BCUT2D eigenvalue weighted by molar-refractivity contribution is 5.47. The third kappa shape index (κ3) is 4.61. The Balaban J connectivity index is 1.93. The minimum absolute atomic E-state index is 0.659. The van der Waals surface area contributed by atoms with Crippen molar-refractivity contribution in [2.45, 2.75) is 26.7 Å². The topological polar surface area (TPSA) is 30.9 Å². The van der Waals surface area contributed by atoms with Crippen molar-refractivity contribution in [1.82, 2.24) is 4.90 Å². The number of benzene rings is 1. The highest BCUT2D eigenvalue weighted by atomic mass is 16.5. The molecule has 0 N–H and O–H groups in total. The highest BCUT2D eigenvalue weighted by Gasteiger charge is 2.12. The molecule has 0 atom stereocenters. The molecular weight excluding hydrogens is 266 g/mol. The van der Waals surface area contributed by atoms with Crippen LogP contribution in [0.3, 0.4) is 0 Å². The molecule has 0 saturated carbocycles. The van der Waals surface area contributed by atoms with Crippen LogP contribution in [0.2, 0.25) is 0 Å². The van der Waals surface area contributed by atoms with Gasteiger partial charge in [-0.15, -0.1) is 0 Å². The summed E-state index contributed by atoms with van der Waals surface area (Å²) in [6.45, 7) is 9.80. The zero-order valence-corrected chi connectivity index (χ0v) is 13.5. The number of methoxy groups -OCH3 is 1. The van der Waals surface area contributed by atoms with E-state index in [1.165, 1.54) is 17.5 Å². The van der Waals surface area contributed by atoms with Crippen LogP contribution in [0.25, 0.3) is 0 Å². The van der Waals surface area contributed by atoms with Crippen molar-refractivity contribution in [3.8, 4) is 11.5 Å². The van der Waals surface area contributed by atoms with Crippen molar-refractivity contribution in [2.24, 2.45) is 0 Å². The molecule has 1 aliphatic heterocycles. The lowest BCUT2D eigenvalue weighted by molar-refractivity contribution is 0.0374. The van der Waals surface area contributed by atoms with Crippen molar-refractivity contribution in [1.29, 1.82) is 0 Å². The van der Waals surface area contributed by atoms with Crippen LogP contribution in [-0.4, -0.2) is 51.5 Å². The zero-order valence-electron chi connectivity index (χ0n) is 13.5. The molecule has 21 heavy (non-hydrogen) atoms. The summed E-state index contributed by atoms with van der Waals surface area (Å²) in [4.78, 5) is 2.48. The van der Waals surface area contributed by atoms with E-state index in [0.717, 1.165) is 50.8 Å². The van der Waals surface area contributed by atoms with Gasteiger partial charge in [0.05, 0.1) is 26.9 Å². The summed E-state index contributed by atoms with van der Waals surface area (Å²) in [6.07, 6.45) is 2.24. The number of ether oxygens (including phenoxy) is 3. The van der Waals surface area contributed by atoms with Crippen molar-refractivity contribution in [3.63, 3.8) is 0 Å². The summed E-state index contributed by atoms with van der Waals surface area (Å²) in [7, 11) is 1.69. The standard InChI is InChI=1S/C17H27NO3/c1-4-21-17-13-15(14(2)12-16(17)19-3)6-5-7-18-8-10-20-11-9-18/h12-13H,4-11H2,1-3H3. The van der Waals surface area contributed by atoms with E-state index >= 15 is 0 Å². The Hall–Kier alpha value is -1.26. The Labute approximate surface area is 128 Å². The largest absolute Gasteiger partial charge is 0.493 e. The SMILES string of the molecule is CCOc1cc(CCCN2CCOCC2)c(C)cc1OC. The number of rotatable bonds is 7. The van der Waals surface area contributed by atoms with E-state index in [4.69, 9.17) is 14.2 Å². The number of nitrogens with zero attached hydrogens (tertiary/aromatic N) is 1. The number of hydrogen-bond acceptors (Lipinski definition) is 4. The van der Waals surface area contributed by atoms with E-state index < -0.39 is 0 Å². The van der Waals surface area contributed by atoms with E-state index in [9.17, 15) is 0 Å². The second-order valence-electron chi connectivity index (χ2n) is 5.42. The minimum atomic E-state index is 0.659. The molecule has 4 nitrogen and oxygen atoms in total. The average Bonchev–Trinajstić information content (AvgIpc) is 2.51. The van der Waals surface area contributed by atoms with Gasteiger partial charge in [-0.3, -0.25) is 4.90 Å². The van der Waals surface area contributed by atoms with Crippen molar-refractivity contribution in [3.05, 3.63) is 23.3 Å². The Kier molecular flexibility index (Phi) is 6.33. The third-order valence-corrected chi connectivity index (χ3v) is 3.95. The molecule has 1 saturated heterocycles. The maximum absolute atomic E-state index is 5.67. The molecule has 1 heterocycles. The maximum atomic E-state index is 5.67. The van der Waals surface area contributed by atoms with Crippen LogP contribution in [0.15, 0.2) is 12.1 Å². The molecule has 0 aliphatic carbocycles. The van der Waals surface area contributed by atoms with E-state index in [2.05, 4.69) is 24.0 Å². The Bertz CT molecular complexity index is 442. The fourth-order valence-electron chi connectivity index (χ4n) is 2.72. The second kappa shape index (κ2) is 8.25. The first-order valence-corrected chi connectivity index (χ1v) is 7.85. The van der Waals surface area contributed by atoms with Gasteiger partial charge >= 0.3 is 0 Å². The van der Waals surface area contributed by atoms with Gasteiger partial charge in [-0.25, -0.2) is 0 Å². The van der Waals surface area contributed by atoms with Crippen LogP contribution in [0.1, 0.15) is 24.5 Å². The fourth-order valence-corrected chi connectivity index (χ4v) is 2.72. The molecule has 0 bridgehead atoms. The molecule has 0 aromatic heterocycles. The fraction of sp³-hybridized carbons (Fsp3) is 0.647. The normalized spacial score (nSPS) is 16.0. The van der Waals surface area contributed by atoms with Gasteiger partial charge in [-0.1, -0.05) is 0 Å². The molecule has 1 aromatic rings. The molecule has 0 spiro atoms. The summed E-state index contributed by atoms with van der Waals surface area (Å²) in [5.74, 6) is 1.68. The predicted octanol–water partition coefficient (Wildman–Crippen LogP) is 2.67. The Morgan fingerprint density at radius 1 is 1.19 bits per heavy atom. The van der Waals surface area contributed by atoms with Crippen LogP contribution in [0.5, 0.6) is 11.5 Å². The van der Waals surface area contributed by atoms with Crippen molar-refractivity contribution in [2.75, 3.05) is 46.6 Å². The molecule has 0 unspecified atom stereocenters. The first kappa shape index (κ1) is 16.1. The summed E-state index contributed by atoms with van der Waals surface area (Å²) in [5.41, 5.74) is 2.63. The third-order valence-electron chi connectivity index (χ3n) is 3.95. The van der Waals surface area contributed by atoms with Crippen LogP contribution < -0.4 is 9.47 Å². The smallest absolute Gasteiger partial charge is 0.161 e. The van der Waals surface area contributed by atoms with Crippen LogP contribution >= 0.6 is 0 Å². The molecule has 1 aromatic carbocycles. The number of hydrogen-bond donors (Lipinski definition) is 0. The van der Waals surface area contributed by atoms with E-state index in [1.54, 1.807) is 7.11 Å². The Morgan fingerprint density at radius 3 is 2.62 bits per heavy atom. The quantitative estimate of drug-likeness (QED) is 0.773. The van der Waals surface area contributed by atoms with Crippen molar-refractivity contribution >= 4 is 0 Å². The lowest BCUT2D eigenvalue weighted by atomic mass is 10.0. The van der Waals surface area contributed by atoms with Gasteiger partial charge in [0.25, 0.3) is 0 Å². The number of morpholine rings is 1. The van der Waals surface area contributed by atoms with E-state index in [-0.39, 0.29) is 0 Å². The van der Waals surface area contributed by atoms with Gasteiger partial charge in [-0.2, -0.15) is 0 Å². The van der Waals surface area contributed by atoms with Gasteiger partial charge < -0.3 is 14.2 Å². The first-order chi connectivity index (χ1) is 10.2. The molecule has 0 radical (unpaired) electrons. The van der Waals surface area contributed by atoms with E-state index in [1.807, 2.05) is 6.92 Å². The molecule has 1 fully saturated rings. The molecule has 1 aliphatic rings. The average molecular weight is 293 g/mol. The second-order valence-corrected chi connectivity index (χ2v) is 5.42. The summed E-state index contributed by atoms with van der Waals surface area (Å²) in [5, 5.41) is 0. The van der Waals surface area contributed by atoms with Gasteiger partial charge in [-0.05, 0) is 56.5 Å². The molecule has 118 valence electrons. The van der Waals surface area contributed by atoms with Gasteiger partial charge in [0.1, 0.15) is 0 Å². The monoisotopic (exact) mass is 293 g/mol. The number of aryl methyl sites for hydroxylation is 2. The van der Waals surface area contributed by atoms with E-state index in [0.29, 0.717) is 6.61 Å². The highest BCUT2D eigenvalue weighted by Crippen LogP contribution is 2.31. The minimum Gasteiger partial charge on any atom is -0.493 e. The Morgan fingerprint density at radius 2 is 1.95 bits per heavy atom. The maximum Gasteiger partial charge on any atom is 0.161 e. The zero-order chi connectivity index (χ0) is 15.1.